The van der Waals surface area contributed by atoms with Gasteiger partial charge in [-0.2, -0.15) is 18.3 Å². The van der Waals surface area contributed by atoms with Crippen LogP contribution in [-0.2, 0) is 12.7 Å². The van der Waals surface area contributed by atoms with Crippen molar-refractivity contribution in [2.75, 3.05) is 0 Å². The van der Waals surface area contributed by atoms with Crippen LogP contribution in [0.5, 0.6) is 0 Å². The Bertz CT molecular complexity index is 885. The van der Waals surface area contributed by atoms with E-state index in [1.807, 2.05) is 0 Å². The van der Waals surface area contributed by atoms with Gasteiger partial charge in [-0.25, -0.2) is 4.98 Å². The molecule has 1 heterocycles. The van der Waals surface area contributed by atoms with Crippen molar-refractivity contribution in [2.45, 2.75) is 22.9 Å². The number of alkyl halides is 3. The van der Waals surface area contributed by atoms with E-state index in [2.05, 4.69) is 10.1 Å². The first-order valence-corrected chi connectivity index (χ1v) is 9.08. The van der Waals surface area contributed by atoms with Gasteiger partial charge in [0.1, 0.15) is 12.7 Å². The predicted molar refractivity (Wildman–Crippen MR) is 96.5 cm³/mol. The zero-order valence-corrected chi connectivity index (χ0v) is 15.4. The van der Waals surface area contributed by atoms with Crippen molar-refractivity contribution in [3.8, 4) is 0 Å². The van der Waals surface area contributed by atoms with Gasteiger partial charge in [-0.3, -0.25) is 4.68 Å². The smallest absolute Gasteiger partial charge is 0.252 e. The second-order valence-electron chi connectivity index (χ2n) is 5.42. The maximum absolute atomic E-state index is 13.0. The number of nitrogens with zero attached hydrogens (tertiary/aromatic N) is 3. The Morgan fingerprint density at radius 1 is 1.12 bits per heavy atom. The summed E-state index contributed by atoms with van der Waals surface area (Å²) in [7, 11) is 0. The molecule has 0 spiro atoms. The molecule has 3 rings (SSSR count). The lowest BCUT2D eigenvalue weighted by Gasteiger charge is -2.19. The van der Waals surface area contributed by atoms with E-state index in [1.165, 1.54) is 24.2 Å². The fourth-order valence-electron chi connectivity index (χ4n) is 2.37. The summed E-state index contributed by atoms with van der Waals surface area (Å²) < 4.78 is 40.5. The minimum Gasteiger partial charge on any atom is -0.252 e. The van der Waals surface area contributed by atoms with Gasteiger partial charge in [0.25, 0.3) is 0 Å². The highest BCUT2D eigenvalue weighted by Crippen LogP contribution is 2.41. The van der Waals surface area contributed by atoms with E-state index in [9.17, 15) is 13.2 Å². The van der Waals surface area contributed by atoms with Gasteiger partial charge in [-0.05, 0) is 35.9 Å². The number of aromatic nitrogens is 3. The molecule has 0 aliphatic heterocycles. The van der Waals surface area contributed by atoms with Crippen molar-refractivity contribution in [1.82, 2.24) is 14.8 Å². The molecule has 0 radical (unpaired) electrons. The van der Waals surface area contributed by atoms with Crippen molar-refractivity contribution in [2.24, 2.45) is 0 Å². The highest BCUT2D eigenvalue weighted by atomic mass is 35.5. The van der Waals surface area contributed by atoms with Gasteiger partial charge in [-0.1, -0.05) is 35.3 Å². The van der Waals surface area contributed by atoms with Crippen LogP contribution in [0.3, 0.4) is 0 Å². The molecule has 9 heteroatoms. The van der Waals surface area contributed by atoms with Crippen molar-refractivity contribution < 1.29 is 13.2 Å². The van der Waals surface area contributed by atoms with Gasteiger partial charge >= 0.3 is 6.18 Å². The summed E-state index contributed by atoms with van der Waals surface area (Å²) in [5.41, 5.74) is 0.0678. The molecule has 0 aliphatic rings. The molecule has 1 aromatic heterocycles. The molecule has 26 heavy (non-hydrogen) atoms. The molecular weight excluding hydrogens is 406 g/mol. The first kappa shape index (κ1) is 19.1. The third-order valence-electron chi connectivity index (χ3n) is 3.57. The maximum Gasteiger partial charge on any atom is 0.416 e. The molecule has 3 nitrogen and oxygen atoms in total. The second kappa shape index (κ2) is 7.90. The van der Waals surface area contributed by atoms with Crippen molar-refractivity contribution >= 4 is 35.0 Å². The quantitative estimate of drug-likeness (QED) is 0.467. The van der Waals surface area contributed by atoms with Gasteiger partial charge in [-0.15, -0.1) is 11.8 Å². The predicted octanol–water partition coefficient (Wildman–Crippen LogP) is 6.14. The maximum atomic E-state index is 13.0. The van der Waals surface area contributed by atoms with E-state index in [4.69, 9.17) is 23.2 Å². The summed E-state index contributed by atoms with van der Waals surface area (Å²) in [6.45, 7) is 0.391. The highest BCUT2D eigenvalue weighted by molar-refractivity contribution is 7.99. The normalized spacial score (nSPS) is 13.0. The number of thioether (sulfide) groups is 1. The lowest BCUT2D eigenvalue weighted by molar-refractivity contribution is -0.137. The van der Waals surface area contributed by atoms with E-state index in [1.54, 1.807) is 35.3 Å². The molecule has 0 amide bonds. The summed E-state index contributed by atoms with van der Waals surface area (Å²) in [5, 5.41) is 4.73. The van der Waals surface area contributed by atoms with Crippen LogP contribution >= 0.6 is 35.0 Å². The number of rotatable bonds is 5. The zero-order chi connectivity index (χ0) is 18.7. The second-order valence-corrected chi connectivity index (χ2v) is 7.54. The molecule has 0 bridgehead atoms. The Morgan fingerprint density at radius 2 is 1.92 bits per heavy atom. The first-order chi connectivity index (χ1) is 12.3. The van der Waals surface area contributed by atoms with E-state index >= 15 is 0 Å². The molecule has 0 fully saturated rings. The van der Waals surface area contributed by atoms with Crippen LogP contribution in [0.4, 0.5) is 13.2 Å². The summed E-state index contributed by atoms with van der Waals surface area (Å²) >= 11 is 13.5. The van der Waals surface area contributed by atoms with Crippen molar-refractivity contribution in [3.63, 3.8) is 0 Å². The lowest BCUT2D eigenvalue weighted by atomic mass is 10.1. The number of hydrogen-bond donors (Lipinski definition) is 0. The van der Waals surface area contributed by atoms with Gasteiger partial charge in [0.05, 0.1) is 17.4 Å². The lowest BCUT2D eigenvalue weighted by Crippen LogP contribution is -2.08. The summed E-state index contributed by atoms with van der Waals surface area (Å²) in [6, 6.07) is 10.3. The molecule has 3 aromatic rings. The Balaban J connectivity index is 1.93. The van der Waals surface area contributed by atoms with Gasteiger partial charge in [0.2, 0.25) is 0 Å². The fourth-order valence-corrected chi connectivity index (χ4v) is 4.21. The molecule has 0 N–H and O–H groups in total. The third-order valence-corrected chi connectivity index (χ3v) is 5.34. The topological polar surface area (TPSA) is 30.7 Å². The van der Waals surface area contributed by atoms with Gasteiger partial charge in [0.15, 0.2) is 0 Å². The largest absolute Gasteiger partial charge is 0.416 e. The van der Waals surface area contributed by atoms with Crippen LogP contribution in [0.15, 0.2) is 60.0 Å². The molecular formula is C17H12Cl2F3N3S. The van der Waals surface area contributed by atoms with Crippen LogP contribution in [-0.4, -0.2) is 14.8 Å². The number of hydrogen-bond acceptors (Lipinski definition) is 3. The van der Waals surface area contributed by atoms with Crippen LogP contribution in [0, 0.1) is 0 Å². The van der Waals surface area contributed by atoms with E-state index in [0.717, 1.165) is 17.7 Å². The number of benzene rings is 2. The molecule has 0 saturated heterocycles. The van der Waals surface area contributed by atoms with Gasteiger partial charge in [0, 0.05) is 14.9 Å². The zero-order valence-electron chi connectivity index (χ0n) is 13.1. The molecule has 1 atom stereocenters. The minimum atomic E-state index is -4.39. The summed E-state index contributed by atoms with van der Waals surface area (Å²) in [5.74, 6) is 0. The van der Waals surface area contributed by atoms with E-state index < -0.39 is 11.7 Å². The summed E-state index contributed by atoms with van der Waals surface area (Å²) in [4.78, 5) is 4.38. The molecule has 0 aliphatic carbocycles. The highest BCUT2D eigenvalue weighted by Gasteiger charge is 2.30. The Kier molecular flexibility index (Phi) is 5.79. The average molecular weight is 418 g/mol. The van der Waals surface area contributed by atoms with Crippen LogP contribution in [0.1, 0.15) is 16.4 Å². The Morgan fingerprint density at radius 3 is 2.58 bits per heavy atom. The molecule has 1 unspecified atom stereocenters. The first-order valence-electron chi connectivity index (χ1n) is 7.44. The SMILES string of the molecule is FC(F)(F)c1cccc(SC(Cn2cncn2)c2ccc(Cl)cc2Cl)c1. The van der Waals surface area contributed by atoms with E-state index in [0.29, 0.717) is 21.5 Å². The fraction of sp³-hybridized carbons (Fsp3) is 0.176. The van der Waals surface area contributed by atoms with Crippen molar-refractivity contribution in [1.29, 1.82) is 0 Å². The average Bonchev–Trinajstić information content (AvgIpc) is 3.07. The van der Waals surface area contributed by atoms with Crippen molar-refractivity contribution in [3.05, 3.63) is 76.3 Å². The Hall–Kier alpha value is -1.70. The van der Waals surface area contributed by atoms with Crippen LogP contribution in [0.25, 0.3) is 0 Å². The monoisotopic (exact) mass is 417 g/mol. The molecule has 0 saturated carbocycles. The van der Waals surface area contributed by atoms with Crippen LogP contribution < -0.4 is 0 Å². The third kappa shape index (κ3) is 4.72. The molecule has 2 aromatic carbocycles. The minimum absolute atomic E-state index is 0.273. The standard InChI is InChI=1S/C17H12Cl2F3N3S/c18-12-4-5-14(15(19)7-12)16(8-25-10-23-9-24-25)26-13-3-1-2-11(6-13)17(20,21)22/h1-7,9-10,16H,8H2. The van der Waals surface area contributed by atoms with Crippen LogP contribution in [0.2, 0.25) is 10.0 Å². The number of halogens is 5. The summed E-state index contributed by atoms with van der Waals surface area (Å²) in [6.07, 6.45) is -1.45. The van der Waals surface area contributed by atoms with E-state index in [-0.39, 0.29) is 5.25 Å². The molecule has 136 valence electrons. The van der Waals surface area contributed by atoms with Gasteiger partial charge < -0.3 is 0 Å². The Labute approximate surface area is 162 Å².